The van der Waals surface area contributed by atoms with Gasteiger partial charge in [-0.3, -0.25) is 4.90 Å². The van der Waals surface area contributed by atoms with Crippen molar-refractivity contribution in [3.63, 3.8) is 0 Å². The highest BCUT2D eigenvalue weighted by Gasteiger charge is 2.35. The summed E-state index contributed by atoms with van der Waals surface area (Å²) in [7, 11) is 0. The third-order valence-corrected chi connectivity index (χ3v) is 6.91. The second kappa shape index (κ2) is 9.60. The van der Waals surface area contributed by atoms with Crippen molar-refractivity contribution >= 4 is 5.97 Å². The molecule has 4 nitrogen and oxygen atoms in total. The topological polar surface area (TPSA) is 49.8 Å². The van der Waals surface area contributed by atoms with Crippen LogP contribution in [0.2, 0.25) is 0 Å². The Morgan fingerprint density at radius 2 is 1.40 bits per heavy atom. The molecule has 0 spiro atoms. The Hall–Kier alpha value is -2.95. The van der Waals surface area contributed by atoms with Gasteiger partial charge in [0, 0.05) is 25.2 Å². The van der Waals surface area contributed by atoms with E-state index in [-0.39, 0.29) is 0 Å². The first-order valence-electron chi connectivity index (χ1n) is 12.3. The fourth-order valence-corrected chi connectivity index (χ4v) is 5.16. The first-order valence-corrected chi connectivity index (χ1v) is 12.3. The second-order valence-electron chi connectivity index (χ2n) is 10.9. The molecule has 0 unspecified atom stereocenters. The maximum atomic E-state index is 12.6. The summed E-state index contributed by atoms with van der Waals surface area (Å²) < 4.78 is 6.19. The molecule has 4 heteroatoms. The number of aryl methyl sites for hydroxylation is 2. The summed E-state index contributed by atoms with van der Waals surface area (Å²) in [6.07, 6.45) is -1.04. The number of fused-ring (bicyclic) bond motifs is 1. The molecule has 1 N–H and O–H groups in total. The fraction of sp³-hybridized carbons (Fsp3) is 0.387. The predicted octanol–water partition coefficient (Wildman–Crippen LogP) is 7.04. The Morgan fingerprint density at radius 3 is 1.91 bits per heavy atom. The molecule has 0 aliphatic carbocycles. The summed E-state index contributed by atoms with van der Waals surface area (Å²) in [4.78, 5) is 15.0. The number of rotatable bonds is 6. The van der Waals surface area contributed by atoms with Gasteiger partial charge in [0.15, 0.2) is 6.10 Å². The Kier molecular flexibility index (Phi) is 6.90. The Morgan fingerprint density at radius 1 is 0.886 bits per heavy atom. The summed E-state index contributed by atoms with van der Waals surface area (Å²) in [6, 6.07) is 17.1. The lowest BCUT2D eigenvalue weighted by Crippen LogP contribution is -2.28. The van der Waals surface area contributed by atoms with Gasteiger partial charge in [-0.05, 0) is 87.4 Å². The van der Waals surface area contributed by atoms with E-state index in [0.29, 0.717) is 0 Å². The summed E-state index contributed by atoms with van der Waals surface area (Å²) in [5.41, 5.74) is 10.7. The van der Waals surface area contributed by atoms with Gasteiger partial charge in [-0.15, -0.1) is 0 Å². The van der Waals surface area contributed by atoms with Crippen molar-refractivity contribution in [1.29, 1.82) is 0 Å². The van der Waals surface area contributed by atoms with E-state index in [0.717, 1.165) is 47.5 Å². The lowest BCUT2D eigenvalue weighted by molar-refractivity contribution is -0.160. The quantitative estimate of drug-likeness (QED) is 0.419. The van der Waals surface area contributed by atoms with Crippen LogP contribution in [0.4, 0.5) is 0 Å². The van der Waals surface area contributed by atoms with Crippen LogP contribution in [0.3, 0.4) is 0 Å². The van der Waals surface area contributed by atoms with Crippen LogP contribution >= 0.6 is 0 Å². The summed E-state index contributed by atoms with van der Waals surface area (Å²) in [6.45, 7) is 16.6. The van der Waals surface area contributed by atoms with Crippen molar-refractivity contribution in [2.24, 2.45) is 0 Å². The lowest BCUT2D eigenvalue weighted by atomic mass is 9.83. The van der Waals surface area contributed by atoms with E-state index in [2.05, 4.69) is 81.1 Å². The standard InChI is InChI=1S/C31H37NO3/c1-19-8-12-23(13-9-19)16-32-17-25-21(3)27(24-14-10-20(2)11-15-24)28(22(4)26(25)18-32)29(30(33)34)35-31(5,6)7/h8-15,29H,16-18H2,1-7H3,(H,33,34)/t29-/m0/s1. The van der Waals surface area contributed by atoms with Crippen LogP contribution in [0.15, 0.2) is 48.5 Å². The van der Waals surface area contributed by atoms with Crippen LogP contribution in [-0.2, 0) is 29.2 Å². The van der Waals surface area contributed by atoms with Crippen LogP contribution in [-0.4, -0.2) is 21.6 Å². The van der Waals surface area contributed by atoms with Gasteiger partial charge in [-0.2, -0.15) is 0 Å². The summed E-state index contributed by atoms with van der Waals surface area (Å²) >= 11 is 0. The molecule has 1 heterocycles. The van der Waals surface area contributed by atoms with E-state index in [9.17, 15) is 9.90 Å². The minimum absolute atomic E-state index is 0.593. The number of carbonyl (C=O) groups is 1. The van der Waals surface area contributed by atoms with Gasteiger partial charge >= 0.3 is 5.97 Å². The predicted molar refractivity (Wildman–Crippen MR) is 141 cm³/mol. The van der Waals surface area contributed by atoms with E-state index in [1.54, 1.807) is 0 Å². The van der Waals surface area contributed by atoms with Crippen LogP contribution < -0.4 is 0 Å². The molecule has 4 rings (SSSR count). The van der Waals surface area contributed by atoms with Crippen molar-refractivity contribution in [2.45, 2.75) is 79.8 Å². The van der Waals surface area contributed by atoms with Gasteiger partial charge in [0.25, 0.3) is 0 Å². The SMILES string of the molecule is Cc1ccc(CN2Cc3c(C)c(-c4ccc(C)cc4)c([C@H](OC(C)(C)C)C(=O)O)c(C)c3C2)cc1. The highest BCUT2D eigenvalue weighted by molar-refractivity contribution is 5.84. The highest BCUT2D eigenvalue weighted by atomic mass is 16.5. The zero-order chi connectivity index (χ0) is 25.5. The Balaban J connectivity index is 1.85. The van der Waals surface area contributed by atoms with Crippen LogP contribution in [0.1, 0.15) is 71.4 Å². The van der Waals surface area contributed by atoms with E-state index < -0.39 is 17.7 Å². The molecule has 0 radical (unpaired) electrons. The number of aliphatic carboxylic acids is 1. The third kappa shape index (κ3) is 5.34. The summed E-state index contributed by atoms with van der Waals surface area (Å²) in [5.74, 6) is -0.953. The van der Waals surface area contributed by atoms with E-state index in [1.165, 1.54) is 27.8 Å². The number of nitrogens with zero attached hydrogens (tertiary/aromatic N) is 1. The first-order chi connectivity index (χ1) is 16.4. The number of hydrogen-bond donors (Lipinski definition) is 1. The van der Waals surface area contributed by atoms with Gasteiger partial charge in [0.05, 0.1) is 5.60 Å². The molecule has 0 bridgehead atoms. The molecule has 3 aromatic rings. The van der Waals surface area contributed by atoms with E-state index in [4.69, 9.17) is 4.74 Å². The van der Waals surface area contributed by atoms with E-state index in [1.807, 2.05) is 20.8 Å². The zero-order valence-electron chi connectivity index (χ0n) is 22.0. The average Bonchev–Trinajstić information content (AvgIpc) is 3.21. The van der Waals surface area contributed by atoms with Crippen molar-refractivity contribution in [3.8, 4) is 11.1 Å². The maximum Gasteiger partial charge on any atom is 0.337 e. The first kappa shape index (κ1) is 25.2. The molecular formula is C31H37NO3. The minimum Gasteiger partial charge on any atom is -0.479 e. The van der Waals surface area contributed by atoms with E-state index >= 15 is 0 Å². The summed E-state index contributed by atoms with van der Waals surface area (Å²) in [5, 5.41) is 10.3. The molecule has 1 aliphatic rings. The van der Waals surface area contributed by atoms with Crippen molar-refractivity contribution in [3.05, 3.63) is 93.0 Å². The molecule has 1 atom stereocenters. The number of carboxylic acid groups (broad SMARTS) is 1. The van der Waals surface area contributed by atoms with Crippen LogP contribution in [0, 0.1) is 27.7 Å². The Labute approximate surface area is 209 Å². The van der Waals surface area contributed by atoms with Gasteiger partial charge in [-0.1, -0.05) is 59.7 Å². The normalized spacial score (nSPS) is 14.7. The molecule has 0 aromatic heterocycles. The monoisotopic (exact) mass is 471 g/mol. The molecular weight excluding hydrogens is 434 g/mol. The fourth-order valence-electron chi connectivity index (χ4n) is 5.16. The minimum atomic E-state index is -1.04. The number of ether oxygens (including phenoxy) is 1. The molecule has 35 heavy (non-hydrogen) atoms. The van der Waals surface area contributed by atoms with Crippen molar-refractivity contribution in [1.82, 2.24) is 4.90 Å². The molecule has 0 saturated carbocycles. The second-order valence-corrected chi connectivity index (χ2v) is 10.9. The average molecular weight is 472 g/mol. The van der Waals surface area contributed by atoms with Gasteiger partial charge in [0.1, 0.15) is 0 Å². The smallest absolute Gasteiger partial charge is 0.337 e. The molecule has 3 aromatic carbocycles. The molecule has 0 saturated heterocycles. The zero-order valence-corrected chi connectivity index (χ0v) is 22.0. The lowest BCUT2D eigenvalue weighted by Gasteiger charge is -2.30. The molecule has 0 fully saturated rings. The number of hydrogen-bond acceptors (Lipinski definition) is 3. The van der Waals surface area contributed by atoms with Gasteiger partial charge in [-0.25, -0.2) is 4.79 Å². The van der Waals surface area contributed by atoms with Gasteiger partial charge < -0.3 is 9.84 Å². The third-order valence-electron chi connectivity index (χ3n) is 6.91. The number of benzene rings is 3. The largest absolute Gasteiger partial charge is 0.479 e. The van der Waals surface area contributed by atoms with Crippen molar-refractivity contribution < 1.29 is 14.6 Å². The van der Waals surface area contributed by atoms with Crippen LogP contribution in [0.25, 0.3) is 11.1 Å². The Bertz CT molecular complexity index is 1230. The van der Waals surface area contributed by atoms with Crippen molar-refractivity contribution in [2.75, 3.05) is 0 Å². The molecule has 184 valence electrons. The highest BCUT2D eigenvalue weighted by Crippen LogP contribution is 2.43. The number of carboxylic acids is 1. The van der Waals surface area contributed by atoms with Crippen LogP contribution in [0.5, 0.6) is 0 Å². The van der Waals surface area contributed by atoms with Gasteiger partial charge in [0.2, 0.25) is 0 Å². The molecule has 1 aliphatic heterocycles. The maximum absolute atomic E-state index is 12.6. The molecule has 0 amide bonds.